The van der Waals surface area contributed by atoms with Crippen LogP contribution >= 0.6 is 0 Å². The van der Waals surface area contributed by atoms with Crippen LogP contribution in [-0.2, 0) is 4.74 Å². The van der Waals surface area contributed by atoms with Crippen molar-refractivity contribution in [1.29, 1.82) is 0 Å². The van der Waals surface area contributed by atoms with Gasteiger partial charge in [-0.2, -0.15) is 0 Å². The number of carbonyl (C=O) groups is 1. The van der Waals surface area contributed by atoms with Crippen LogP contribution in [0.15, 0.2) is 48.5 Å². The van der Waals surface area contributed by atoms with E-state index in [0.29, 0.717) is 17.2 Å². The Bertz CT molecular complexity index is 779. The van der Waals surface area contributed by atoms with Crippen molar-refractivity contribution < 1.29 is 14.3 Å². The normalized spacial score (nSPS) is 13.0. The van der Waals surface area contributed by atoms with Crippen LogP contribution in [0.4, 0.5) is 0 Å². The fourth-order valence-electron chi connectivity index (χ4n) is 4.25. The van der Waals surface area contributed by atoms with E-state index in [2.05, 4.69) is 32.9 Å². The van der Waals surface area contributed by atoms with Crippen molar-refractivity contribution in [2.75, 3.05) is 6.61 Å². The lowest BCUT2D eigenvalue weighted by atomic mass is 9.89. The molecule has 3 heteroatoms. The molecule has 2 rings (SSSR count). The van der Waals surface area contributed by atoms with Gasteiger partial charge in [0.1, 0.15) is 5.75 Å². The van der Waals surface area contributed by atoms with Crippen LogP contribution in [-0.4, -0.2) is 12.6 Å². The van der Waals surface area contributed by atoms with E-state index in [1.165, 1.54) is 63.4 Å². The molecule has 0 spiro atoms. The number of hydrogen-bond acceptors (Lipinski definition) is 3. The van der Waals surface area contributed by atoms with Crippen LogP contribution in [0.3, 0.4) is 0 Å². The lowest BCUT2D eigenvalue weighted by molar-refractivity contribution is 0.0660. The van der Waals surface area contributed by atoms with E-state index in [-0.39, 0.29) is 12.1 Å². The molecule has 0 heterocycles. The first-order chi connectivity index (χ1) is 16.1. The highest BCUT2D eigenvalue weighted by atomic mass is 16.5. The third kappa shape index (κ3) is 9.71. The molecule has 182 valence electrons. The maximum absolute atomic E-state index is 12.6. The molecular formula is C30H44O3. The summed E-state index contributed by atoms with van der Waals surface area (Å²) in [6, 6.07) is 15.7. The number of esters is 1. The van der Waals surface area contributed by atoms with Gasteiger partial charge in [0.25, 0.3) is 0 Å². The van der Waals surface area contributed by atoms with E-state index in [9.17, 15) is 4.79 Å². The minimum Gasteiger partial charge on any atom is -0.423 e. The van der Waals surface area contributed by atoms with Crippen LogP contribution in [0.25, 0.3) is 0 Å². The van der Waals surface area contributed by atoms with Gasteiger partial charge in [-0.25, -0.2) is 4.79 Å². The predicted molar refractivity (Wildman–Crippen MR) is 138 cm³/mol. The molecule has 0 N–H and O–H groups in total. The number of ether oxygens (including phenoxy) is 2. The van der Waals surface area contributed by atoms with Crippen molar-refractivity contribution in [2.45, 2.75) is 104 Å². The van der Waals surface area contributed by atoms with E-state index in [1.807, 2.05) is 43.3 Å². The second kappa shape index (κ2) is 15.7. The van der Waals surface area contributed by atoms with Crippen molar-refractivity contribution in [3.63, 3.8) is 0 Å². The highest BCUT2D eigenvalue weighted by Crippen LogP contribution is 2.29. The lowest BCUT2D eigenvalue weighted by Crippen LogP contribution is -2.09. The molecule has 0 aromatic heterocycles. The van der Waals surface area contributed by atoms with Gasteiger partial charge in [0.15, 0.2) is 0 Å². The third-order valence-corrected chi connectivity index (χ3v) is 6.29. The summed E-state index contributed by atoms with van der Waals surface area (Å²) < 4.78 is 11.4. The Balaban J connectivity index is 1.89. The Hall–Kier alpha value is -2.13. The zero-order valence-corrected chi connectivity index (χ0v) is 21.3. The highest BCUT2D eigenvalue weighted by molar-refractivity contribution is 5.91. The Morgan fingerprint density at radius 2 is 1.36 bits per heavy atom. The monoisotopic (exact) mass is 452 g/mol. The maximum atomic E-state index is 12.6. The van der Waals surface area contributed by atoms with Crippen LogP contribution in [0.1, 0.15) is 125 Å². The van der Waals surface area contributed by atoms with Gasteiger partial charge in [0, 0.05) is 6.61 Å². The molecule has 2 atom stereocenters. The second-order valence-corrected chi connectivity index (χ2v) is 9.14. The molecule has 2 aromatic rings. The molecule has 33 heavy (non-hydrogen) atoms. The molecule has 2 unspecified atom stereocenters. The average Bonchev–Trinajstić information content (AvgIpc) is 2.84. The van der Waals surface area contributed by atoms with Gasteiger partial charge in [0.05, 0.1) is 11.7 Å². The van der Waals surface area contributed by atoms with E-state index in [1.54, 1.807) is 0 Å². The fourth-order valence-corrected chi connectivity index (χ4v) is 4.25. The molecule has 0 aliphatic rings. The van der Waals surface area contributed by atoms with Crippen LogP contribution in [0.2, 0.25) is 0 Å². The summed E-state index contributed by atoms with van der Waals surface area (Å²) in [5, 5.41) is 0. The summed E-state index contributed by atoms with van der Waals surface area (Å²) in [7, 11) is 0. The van der Waals surface area contributed by atoms with Gasteiger partial charge in [0.2, 0.25) is 0 Å². The molecular weight excluding hydrogens is 408 g/mol. The van der Waals surface area contributed by atoms with Gasteiger partial charge >= 0.3 is 5.97 Å². The van der Waals surface area contributed by atoms with Crippen molar-refractivity contribution in [3.8, 4) is 5.75 Å². The van der Waals surface area contributed by atoms with Crippen LogP contribution < -0.4 is 4.74 Å². The largest absolute Gasteiger partial charge is 0.423 e. The summed E-state index contributed by atoms with van der Waals surface area (Å²) in [5.41, 5.74) is 2.98. The molecule has 0 saturated heterocycles. The first kappa shape index (κ1) is 27.1. The van der Waals surface area contributed by atoms with Crippen LogP contribution in [0.5, 0.6) is 5.75 Å². The SMILES string of the molecule is CCCCCCCCC(CCC)c1ccc(OC(=O)c2ccc(C(C)OCCC)cc2)cc1. The van der Waals surface area contributed by atoms with Gasteiger partial charge in [-0.1, -0.05) is 90.0 Å². The summed E-state index contributed by atoms with van der Waals surface area (Å²) in [4.78, 5) is 12.6. The smallest absolute Gasteiger partial charge is 0.343 e. The molecule has 0 saturated carbocycles. The van der Waals surface area contributed by atoms with Gasteiger partial charge in [-0.15, -0.1) is 0 Å². The topological polar surface area (TPSA) is 35.5 Å². The summed E-state index contributed by atoms with van der Waals surface area (Å²) in [6.07, 6.45) is 12.7. The molecule has 0 aliphatic carbocycles. The molecule has 0 bridgehead atoms. The zero-order chi connectivity index (χ0) is 23.9. The van der Waals surface area contributed by atoms with Crippen molar-refractivity contribution >= 4 is 5.97 Å². The Labute approximate surface area is 201 Å². The lowest BCUT2D eigenvalue weighted by Gasteiger charge is -2.17. The number of unbranched alkanes of at least 4 members (excludes halogenated alkanes) is 5. The second-order valence-electron chi connectivity index (χ2n) is 9.14. The Morgan fingerprint density at radius 3 is 2.00 bits per heavy atom. The fraction of sp³-hybridized carbons (Fsp3) is 0.567. The molecule has 0 aliphatic heterocycles. The maximum Gasteiger partial charge on any atom is 0.343 e. The van der Waals surface area contributed by atoms with E-state index < -0.39 is 0 Å². The first-order valence-electron chi connectivity index (χ1n) is 13.1. The minimum atomic E-state index is -0.325. The average molecular weight is 453 g/mol. The number of carbonyl (C=O) groups excluding carboxylic acids is 1. The zero-order valence-electron chi connectivity index (χ0n) is 21.3. The third-order valence-electron chi connectivity index (χ3n) is 6.29. The number of rotatable bonds is 16. The van der Waals surface area contributed by atoms with Crippen molar-refractivity contribution in [1.82, 2.24) is 0 Å². The van der Waals surface area contributed by atoms with Gasteiger partial charge in [-0.3, -0.25) is 0 Å². The minimum absolute atomic E-state index is 0.0231. The summed E-state index contributed by atoms with van der Waals surface area (Å²) >= 11 is 0. The van der Waals surface area contributed by atoms with E-state index >= 15 is 0 Å². The van der Waals surface area contributed by atoms with E-state index in [0.717, 1.165) is 18.6 Å². The van der Waals surface area contributed by atoms with E-state index in [4.69, 9.17) is 9.47 Å². The molecule has 2 aromatic carbocycles. The van der Waals surface area contributed by atoms with Crippen molar-refractivity contribution in [3.05, 3.63) is 65.2 Å². The number of benzene rings is 2. The van der Waals surface area contributed by atoms with Gasteiger partial charge in [-0.05, 0) is 67.5 Å². The quantitative estimate of drug-likeness (QED) is 0.145. The van der Waals surface area contributed by atoms with Crippen LogP contribution in [0, 0.1) is 0 Å². The van der Waals surface area contributed by atoms with Gasteiger partial charge < -0.3 is 9.47 Å². The molecule has 0 fully saturated rings. The number of hydrogen-bond donors (Lipinski definition) is 0. The Morgan fingerprint density at radius 1 is 0.727 bits per heavy atom. The predicted octanol–water partition coefficient (Wildman–Crippen LogP) is 9.03. The molecule has 0 radical (unpaired) electrons. The summed E-state index contributed by atoms with van der Waals surface area (Å²) in [6.45, 7) is 9.38. The Kier molecular flexibility index (Phi) is 12.9. The highest BCUT2D eigenvalue weighted by Gasteiger charge is 2.13. The van der Waals surface area contributed by atoms with Crippen molar-refractivity contribution in [2.24, 2.45) is 0 Å². The summed E-state index contributed by atoms with van der Waals surface area (Å²) in [5.74, 6) is 0.867. The standard InChI is InChI=1S/C30H44O3/c1-5-8-9-10-11-12-14-26(13-6-2)27-19-21-29(22-20-27)33-30(31)28-17-15-25(16-18-28)24(4)32-23-7-3/h15-22,24,26H,5-14,23H2,1-4H3. The first-order valence-corrected chi connectivity index (χ1v) is 13.1. The molecule has 3 nitrogen and oxygen atoms in total. The molecule has 0 amide bonds.